The van der Waals surface area contributed by atoms with E-state index in [0.29, 0.717) is 24.2 Å². The van der Waals surface area contributed by atoms with Crippen molar-refractivity contribution < 1.29 is 36.5 Å². The molecule has 0 saturated heterocycles. The summed E-state index contributed by atoms with van der Waals surface area (Å²) in [4.78, 5) is 23.7. The van der Waals surface area contributed by atoms with Crippen LogP contribution in [0, 0.1) is 0 Å². The molecule has 8 nitrogen and oxygen atoms in total. The van der Waals surface area contributed by atoms with E-state index in [-0.39, 0.29) is 13.0 Å². The molecule has 0 unspecified atom stereocenters. The number of carbonyl (C=O) groups is 2. The van der Waals surface area contributed by atoms with Crippen LogP contribution in [-0.4, -0.2) is 74.5 Å². The van der Waals surface area contributed by atoms with Gasteiger partial charge in [0.1, 0.15) is 13.2 Å². The van der Waals surface area contributed by atoms with Gasteiger partial charge in [-0.25, -0.2) is 18.0 Å². The molecule has 0 heterocycles. The van der Waals surface area contributed by atoms with Crippen LogP contribution in [0.15, 0.2) is 12.2 Å². The zero-order valence-corrected chi connectivity index (χ0v) is 25.2. The first-order valence-electron chi connectivity index (χ1n) is 15.0. The third-order valence-corrected chi connectivity index (χ3v) is 8.06. The van der Waals surface area contributed by atoms with Gasteiger partial charge in [-0.3, -0.25) is 0 Å². The Hall–Kier alpha value is -1.45. The Morgan fingerprint density at radius 3 is 1.47 bits per heavy atom. The van der Waals surface area contributed by atoms with Crippen LogP contribution in [0.25, 0.3) is 0 Å². The van der Waals surface area contributed by atoms with Gasteiger partial charge in [0.2, 0.25) is 0 Å². The molecule has 0 fully saturated rings. The molecular formula is C29H55NO7S. The number of likely N-dealkylation sites (N-methyl/N-ethyl adjacent to an activating group) is 1. The molecular weight excluding hydrogens is 506 g/mol. The molecule has 0 bridgehead atoms. The summed E-state index contributed by atoms with van der Waals surface area (Å²) in [5.74, 6) is -1.56. The predicted octanol–water partition coefficient (Wildman–Crippen LogP) is 5.90. The number of carbonyl (C=O) groups excluding carboxylic acids is 2. The number of hydrogen-bond donors (Lipinski definition) is 0. The van der Waals surface area contributed by atoms with Gasteiger partial charge in [0.05, 0.1) is 36.4 Å². The van der Waals surface area contributed by atoms with Gasteiger partial charge in [-0.05, 0) is 20.3 Å². The summed E-state index contributed by atoms with van der Waals surface area (Å²) < 4.78 is 43.4. The van der Waals surface area contributed by atoms with E-state index in [2.05, 4.69) is 6.92 Å². The van der Waals surface area contributed by atoms with Crippen LogP contribution in [0.3, 0.4) is 0 Å². The molecule has 0 amide bonds. The number of nitrogens with zero attached hydrogens (tertiary/aromatic N) is 1. The smallest absolute Gasteiger partial charge is 0.331 e. The summed E-state index contributed by atoms with van der Waals surface area (Å²) >= 11 is 0. The minimum Gasteiger partial charge on any atom is -0.748 e. The maximum atomic E-state index is 11.9. The fourth-order valence-electron chi connectivity index (χ4n) is 4.59. The van der Waals surface area contributed by atoms with E-state index < -0.39 is 27.8 Å². The van der Waals surface area contributed by atoms with Crippen LogP contribution in [0.2, 0.25) is 0 Å². The Morgan fingerprint density at radius 2 is 1.05 bits per heavy atom. The molecule has 0 aromatic carbocycles. The highest BCUT2D eigenvalue weighted by Gasteiger charge is 2.23. The first-order valence-corrected chi connectivity index (χ1v) is 16.6. The fraction of sp³-hybridized carbons (Fsp3) is 0.862. The Labute approximate surface area is 232 Å². The maximum Gasteiger partial charge on any atom is 0.331 e. The van der Waals surface area contributed by atoms with Crippen molar-refractivity contribution in [1.82, 2.24) is 0 Å². The van der Waals surface area contributed by atoms with E-state index in [1.807, 2.05) is 13.8 Å². The van der Waals surface area contributed by atoms with Crippen molar-refractivity contribution in [3.05, 3.63) is 12.2 Å². The molecule has 0 aromatic rings. The molecule has 0 aliphatic rings. The van der Waals surface area contributed by atoms with Crippen LogP contribution in [-0.2, 0) is 29.2 Å². The van der Waals surface area contributed by atoms with Gasteiger partial charge in [0.15, 0.2) is 0 Å². The standard InChI is InChI=1S/C29H55NO7S/c1-4-7-8-9-10-11-12-13-14-15-16-17-18-19-25-36-28(31)21-22-29(32)37-26-24-30(5-2,6-3)23-20-27-38(33,34)35/h21-22H,4-20,23-27H2,1-3H3/b22-21-. The quantitative estimate of drug-likeness (QED) is 0.0425. The molecule has 0 N–H and O–H groups in total. The molecule has 0 atom stereocenters. The van der Waals surface area contributed by atoms with Crippen molar-refractivity contribution in [2.75, 3.05) is 45.1 Å². The third-order valence-electron chi connectivity index (χ3n) is 7.28. The van der Waals surface area contributed by atoms with Gasteiger partial charge < -0.3 is 18.5 Å². The van der Waals surface area contributed by atoms with Gasteiger partial charge in [-0.1, -0.05) is 90.4 Å². The van der Waals surface area contributed by atoms with Gasteiger partial charge in [-0.15, -0.1) is 0 Å². The van der Waals surface area contributed by atoms with Crippen LogP contribution in [0.5, 0.6) is 0 Å². The van der Waals surface area contributed by atoms with E-state index in [4.69, 9.17) is 9.47 Å². The first-order chi connectivity index (χ1) is 18.2. The molecule has 0 spiro atoms. The van der Waals surface area contributed by atoms with Crippen molar-refractivity contribution in [1.29, 1.82) is 0 Å². The number of hydrogen-bond acceptors (Lipinski definition) is 7. The average molecular weight is 562 g/mol. The highest BCUT2D eigenvalue weighted by Crippen LogP contribution is 2.13. The van der Waals surface area contributed by atoms with E-state index in [1.54, 1.807) is 0 Å². The monoisotopic (exact) mass is 561 g/mol. The molecule has 38 heavy (non-hydrogen) atoms. The average Bonchev–Trinajstić information content (AvgIpc) is 2.88. The van der Waals surface area contributed by atoms with Crippen LogP contribution in [0.1, 0.15) is 117 Å². The lowest BCUT2D eigenvalue weighted by atomic mass is 10.0. The highest BCUT2D eigenvalue weighted by molar-refractivity contribution is 7.85. The Bertz CT molecular complexity index is 733. The first kappa shape index (κ1) is 36.5. The second kappa shape index (κ2) is 23.4. The fourth-order valence-corrected chi connectivity index (χ4v) is 5.07. The minimum atomic E-state index is -4.23. The number of quaternary nitrogens is 1. The van der Waals surface area contributed by atoms with Gasteiger partial charge in [-0.2, -0.15) is 0 Å². The van der Waals surface area contributed by atoms with Crippen LogP contribution < -0.4 is 0 Å². The molecule has 224 valence electrons. The Balaban J connectivity index is 3.81. The number of ether oxygens (including phenoxy) is 2. The second-order valence-corrected chi connectivity index (χ2v) is 11.8. The number of unbranched alkanes of at least 4 members (excludes halogenated alkanes) is 13. The van der Waals surface area contributed by atoms with Crippen LogP contribution in [0.4, 0.5) is 0 Å². The summed E-state index contributed by atoms with van der Waals surface area (Å²) in [7, 11) is -4.23. The van der Waals surface area contributed by atoms with Gasteiger partial charge in [0, 0.05) is 24.3 Å². The Morgan fingerprint density at radius 1 is 0.632 bits per heavy atom. The molecule has 0 aliphatic carbocycles. The topological polar surface area (TPSA) is 110 Å². The van der Waals surface area contributed by atoms with Crippen LogP contribution >= 0.6 is 0 Å². The normalized spacial score (nSPS) is 12.2. The van der Waals surface area contributed by atoms with Crippen molar-refractivity contribution in [3.63, 3.8) is 0 Å². The molecule has 0 rings (SSSR count). The lowest BCUT2D eigenvalue weighted by Crippen LogP contribution is -2.51. The molecule has 9 heteroatoms. The van der Waals surface area contributed by atoms with Crippen molar-refractivity contribution in [2.24, 2.45) is 0 Å². The number of rotatable bonds is 26. The summed E-state index contributed by atoms with van der Waals surface area (Å²) in [6.07, 6.45) is 20.2. The van der Waals surface area contributed by atoms with Gasteiger partial charge >= 0.3 is 11.9 Å². The maximum absolute atomic E-state index is 11.9. The minimum absolute atomic E-state index is 0.142. The molecule has 0 aliphatic heterocycles. The summed E-state index contributed by atoms with van der Waals surface area (Å²) in [5, 5.41) is 0. The van der Waals surface area contributed by atoms with E-state index in [1.165, 1.54) is 70.6 Å². The van der Waals surface area contributed by atoms with Crippen molar-refractivity contribution in [3.8, 4) is 0 Å². The van der Waals surface area contributed by atoms with E-state index in [9.17, 15) is 22.6 Å². The zero-order chi connectivity index (χ0) is 28.5. The van der Waals surface area contributed by atoms with Crippen molar-refractivity contribution in [2.45, 2.75) is 117 Å². The lowest BCUT2D eigenvalue weighted by Gasteiger charge is -2.36. The largest absolute Gasteiger partial charge is 0.748 e. The van der Waals surface area contributed by atoms with E-state index in [0.717, 1.165) is 44.5 Å². The summed E-state index contributed by atoms with van der Waals surface area (Å²) in [6.45, 7) is 9.19. The lowest BCUT2D eigenvalue weighted by molar-refractivity contribution is -0.925. The Kier molecular flexibility index (Phi) is 22.5. The highest BCUT2D eigenvalue weighted by atomic mass is 32.2. The number of esters is 2. The summed E-state index contributed by atoms with van der Waals surface area (Å²) in [6, 6.07) is 0. The zero-order valence-electron chi connectivity index (χ0n) is 24.4. The SMILES string of the molecule is CCCCCCCCCCCCCCCCOC(=O)/C=C\C(=O)OCC[N+](CC)(CC)CCCS(=O)(=O)[O-]. The van der Waals surface area contributed by atoms with Crippen molar-refractivity contribution >= 4 is 22.1 Å². The second-order valence-electron chi connectivity index (χ2n) is 10.3. The molecule has 0 aromatic heterocycles. The van der Waals surface area contributed by atoms with Gasteiger partial charge in [0.25, 0.3) is 0 Å². The molecule has 0 saturated carbocycles. The third kappa shape index (κ3) is 22.5. The summed E-state index contributed by atoms with van der Waals surface area (Å²) in [5.41, 5.74) is 0. The van der Waals surface area contributed by atoms with E-state index >= 15 is 0 Å². The predicted molar refractivity (Wildman–Crippen MR) is 152 cm³/mol. The molecule has 0 radical (unpaired) electrons.